The largest absolute Gasteiger partial charge is 0.464 e. The average molecular weight is 415 g/mol. The summed E-state index contributed by atoms with van der Waals surface area (Å²) in [5.41, 5.74) is 1.37. The molecule has 1 aliphatic heterocycles. The van der Waals surface area contributed by atoms with Gasteiger partial charge in [0.15, 0.2) is 15.9 Å². The van der Waals surface area contributed by atoms with Crippen LogP contribution in [-0.2, 0) is 30.6 Å². The van der Waals surface area contributed by atoms with Gasteiger partial charge in [0.05, 0.1) is 24.2 Å². The van der Waals surface area contributed by atoms with E-state index in [1.165, 1.54) is 13.2 Å². The van der Waals surface area contributed by atoms with Gasteiger partial charge in [0, 0.05) is 17.0 Å². The van der Waals surface area contributed by atoms with E-state index in [2.05, 4.69) is 5.32 Å². The Labute approximate surface area is 167 Å². The molecule has 8 heteroatoms. The predicted molar refractivity (Wildman–Crippen MR) is 108 cm³/mol. The van der Waals surface area contributed by atoms with Crippen molar-refractivity contribution in [1.82, 2.24) is 5.32 Å². The molecule has 1 fully saturated rings. The van der Waals surface area contributed by atoms with Crippen LogP contribution >= 0.6 is 0 Å². The monoisotopic (exact) mass is 415 g/mol. The minimum absolute atomic E-state index is 0.0313. The number of hydrogen-bond donors (Lipinski definition) is 1. The van der Waals surface area contributed by atoms with E-state index >= 15 is 0 Å². The third-order valence-electron chi connectivity index (χ3n) is 5.13. The summed E-state index contributed by atoms with van der Waals surface area (Å²) in [6, 6.07) is 11.2. The quantitative estimate of drug-likeness (QED) is 0.642. The van der Waals surface area contributed by atoms with Crippen molar-refractivity contribution in [3.8, 4) is 0 Å². The van der Waals surface area contributed by atoms with Gasteiger partial charge in [-0.1, -0.05) is 30.3 Å². The molecule has 0 radical (unpaired) electrons. The molecular formula is C21H21NO6S. The lowest BCUT2D eigenvalue weighted by Gasteiger charge is -2.16. The molecule has 0 bridgehead atoms. The van der Waals surface area contributed by atoms with Gasteiger partial charge in [-0.3, -0.25) is 9.59 Å². The van der Waals surface area contributed by atoms with E-state index in [9.17, 15) is 18.0 Å². The Bertz CT molecular complexity index is 1200. The smallest absolute Gasteiger partial charge is 0.311 e. The maximum Gasteiger partial charge on any atom is 0.311 e. The SMILES string of the molecule is C[C@@H](OC(=O)Cc1coc2ccc3ccccc3c12)C(=O)N[C@@H]1CCS(=O)(=O)C1. The van der Waals surface area contributed by atoms with Crippen LogP contribution in [0, 0.1) is 0 Å². The second-order valence-corrected chi connectivity index (χ2v) is 9.57. The first-order valence-electron chi connectivity index (χ1n) is 9.40. The molecule has 7 nitrogen and oxygen atoms in total. The molecule has 1 aromatic heterocycles. The zero-order chi connectivity index (χ0) is 20.6. The summed E-state index contributed by atoms with van der Waals surface area (Å²) in [6.07, 6.45) is 0.867. The van der Waals surface area contributed by atoms with Crippen LogP contribution in [0.25, 0.3) is 21.7 Å². The minimum Gasteiger partial charge on any atom is -0.464 e. The van der Waals surface area contributed by atoms with Crippen LogP contribution in [0.4, 0.5) is 0 Å². The lowest BCUT2D eigenvalue weighted by molar-refractivity contribution is -0.154. The molecule has 1 amide bonds. The summed E-state index contributed by atoms with van der Waals surface area (Å²) in [5.74, 6) is -1.06. The molecule has 3 aromatic rings. The Hall–Kier alpha value is -2.87. The highest BCUT2D eigenvalue weighted by Crippen LogP contribution is 2.30. The van der Waals surface area contributed by atoms with E-state index in [-0.39, 0.29) is 17.9 Å². The van der Waals surface area contributed by atoms with Crippen LogP contribution in [0.1, 0.15) is 18.9 Å². The number of hydrogen-bond acceptors (Lipinski definition) is 6. The third-order valence-corrected chi connectivity index (χ3v) is 6.90. The van der Waals surface area contributed by atoms with Gasteiger partial charge in [-0.2, -0.15) is 0 Å². The van der Waals surface area contributed by atoms with Crippen molar-refractivity contribution in [3.63, 3.8) is 0 Å². The topological polar surface area (TPSA) is 103 Å². The van der Waals surface area contributed by atoms with Crippen molar-refractivity contribution in [2.75, 3.05) is 11.5 Å². The van der Waals surface area contributed by atoms with E-state index in [1.54, 1.807) is 0 Å². The first-order chi connectivity index (χ1) is 13.8. The van der Waals surface area contributed by atoms with Crippen LogP contribution in [0.2, 0.25) is 0 Å². The van der Waals surface area contributed by atoms with E-state index in [0.29, 0.717) is 17.6 Å². The Balaban J connectivity index is 1.43. The number of sulfone groups is 1. The van der Waals surface area contributed by atoms with Gasteiger partial charge in [-0.05, 0) is 30.2 Å². The standard InChI is InChI=1S/C21H21NO6S/c1-13(21(24)22-16-8-9-29(25,26)12-16)28-19(23)10-15-11-27-18-7-6-14-4-2-3-5-17(14)20(15)18/h2-7,11,13,16H,8-10,12H2,1H3,(H,22,24)/t13-,16-/m1/s1. The van der Waals surface area contributed by atoms with Gasteiger partial charge in [0.1, 0.15) is 5.58 Å². The van der Waals surface area contributed by atoms with Gasteiger partial charge in [0.25, 0.3) is 5.91 Å². The highest BCUT2D eigenvalue weighted by atomic mass is 32.2. The van der Waals surface area contributed by atoms with Crippen molar-refractivity contribution in [1.29, 1.82) is 0 Å². The fraction of sp³-hybridized carbons (Fsp3) is 0.333. The summed E-state index contributed by atoms with van der Waals surface area (Å²) >= 11 is 0. The lowest BCUT2D eigenvalue weighted by atomic mass is 10.0. The van der Waals surface area contributed by atoms with Gasteiger partial charge < -0.3 is 14.5 Å². The molecular weight excluding hydrogens is 394 g/mol. The molecule has 1 saturated heterocycles. The van der Waals surface area contributed by atoms with Crippen molar-refractivity contribution >= 4 is 43.5 Å². The van der Waals surface area contributed by atoms with E-state index < -0.39 is 33.9 Å². The molecule has 29 heavy (non-hydrogen) atoms. The van der Waals surface area contributed by atoms with E-state index in [0.717, 1.165) is 16.2 Å². The summed E-state index contributed by atoms with van der Waals surface area (Å²) in [7, 11) is -3.10. The number of fused-ring (bicyclic) bond motifs is 3. The minimum atomic E-state index is -3.10. The second-order valence-electron chi connectivity index (χ2n) is 7.34. The molecule has 2 aromatic carbocycles. The molecule has 2 heterocycles. The highest BCUT2D eigenvalue weighted by Gasteiger charge is 2.30. The lowest BCUT2D eigenvalue weighted by Crippen LogP contribution is -2.42. The van der Waals surface area contributed by atoms with Crippen molar-refractivity contribution in [2.24, 2.45) is 0 Å². The fourth-order valence-corrected chi connectivity index (χ4v) is 5.35. The number of esters is 1. The number of carbonyl (C=O) groups is 2. The molecule has 0 aliphatic carbocycles. The number of benzene rings is 2. The molecule has 152 valence electrons. The number of nitrogens with one attached hydrogen (secondary N) is 1. The molecule has 1 N–H and O–H groups in total. The van der Waals surface area contributed by atoms with Crippen LogP contribution < -0.4 is 5.32 Å². The molecule has 0 saturated carbocycles. The molecule has 1 aliphatic rings. The van der Waals surface area contributed by atoms with Gasteiger partial charge >= 0.3 is 5.97 Å². The number of furan rings is 1. The van der Waals surface area contributed by atoms with Gasteiger partial charge in [-0.15, -0.1) is 0 Å². The first-order valence-corrected chi connectivity index (χ1v) is 11.2. The van der Waals surface area contributed by atoms with Crippen LogP contribution in [0.5, 0.6) is 0 Å². The molecule has 0 spiro atoms. The Morgan fingerprint density at radius 1 is 1.24 bits per heavy atom. The molecule has 2 atom stereocenters. The zero-order valence-corrected chi connectivity index (χ0v) is 16.7. The summed E-state index contributed by atoms with van der Waals surface area (Å²) < 4.78 is 33.8. The summed E-state index contributed by atoms with van der Waals surface area (Å²) in [5, 5.41) is 5.51. The number of amides is 1. The van der Waals surface area contributed by atoms with E-state index in [4.69, 9.17) is 9.15 Å². The Morgan fingerprint density at radius 2 is 2.03 bits per heavy atom. The Kier molecular flexibility index (Phi) is 5.04. The zero-order valence-electron chi connectivity index (χ0n) is 15.9. The Morgan fingerprint density at radius 3 is 2.79 bits per heavy atom. The molecule has 4 rings (SSSR count). The van der Waals surface area contributed by atoms with Crippen LogP contribution in [-0.4, -0.2) is 43.9 Å². The number of carbonyl (C=O) groups excluding carboxylic acids is 2. The fourth-order valence-electron chi connectivity index (χ4n) is 3.68. The van der Waals surface area contributed by atoms with Crippen LogP contribution in [0.15, 0.2) is 47.1 Å². The van der Waals surface area contributed by atoms with Gasteiger partial charge in [-0.25, -0.2) is 8.42 Å². The average Bonchev–Trinajstić information content (AvgIpc) is 3.24. The number of ether oxygens (including phenoxy) is 1. The van der Waals surface area contributed by atoms with Crippen LogP contribution in [0.3, 0.4) is 0 Å². The maximum atomic E-state index is 12.4. The van der Waals surface area contributed by atoms with Crippen molar-refractivity contribution in [2.45, 2.75) is 31.9 Å². The second kappa shape index (κ2) is 7.51. The summed E-state index contributed by atoms with van der Waals surface area (Å²) in [4.78, 5) is 24.6. The number of rotatable bonds is 5. The van der Waals surface area contributed by atoms with Crippen molar-refractivity contribution in [3.05, 3.63) is 48.2 Å². The highest BCUT2D eigenvalue weighted by molar-refractivity contribution is 7.91. The van der Waals surface area contributed by atoms with E-state index in [1.807, 2.05) is 36.4 Å². The normalized spacial score (nSPS) is 19.3. The first kappa shape index (κ1) is 19.4. The summed E-state index contributed by atoms with van der Waals surface area (Å²) in [6.45, 7) is 1.47. The maximum absolute atomic E-state index is 12.4. The molecule has 0 unspecified atom stereocenters. The predicted octanol–water partition coefficient (Wildman–Crippen LogP) is 2.36. The third kappa shape index (κ3) is 4.12. The van der Waals surface area contributed by atoms with Gasteiger partial charge in [0.2, 0.25) is 0 Å². The van der Waals surface area contributed by atoms with Crippen molar-refractivity contribution < 1.29 is 27.2 Å².